The minimum absolute atomic E-state index is 0.109. The monoisotopic (exact) mass is 306 g/mol. The SMILES string of the molecule is CC(C)N(C)CCCNC(=O)c1sc2ncccc2c1N. The van der Waals surface area contributed by atoms with Crippen molar-refractivity contribution in [2.45, 2.75) is 26.3 Å². The summed E-state index contributed by atoms with van der Waals surface area (Å²) in [6.45, 7) is 5.92. The molecule has 1 amide bonds. The first-order chi connectivity index (χ1) is 10.0. The average Bonchev–Trinajstić information content (AvgIpc) is 2.81. The molecule has 0 aliphatic carbocycles. The zero-order valence-corrected chi connectivity index (χ0v) is 13.5. The maximum absolute atomic E-state index is 12.2. The van der Waals surface area contributed by atoms with Crippen molar-refractivity contribution < 1.29 is 4.79 Å². The first-order valence-corrected chi connectivity index (χ1v) is 7.93. The highest BCUT2D eigenvalue weighted by molar-refractivity contribution is 7.21. The van der Waals surface area contributed by atoms with Crippen LogP contribution in [0.25, 0.3) is 10.2 Å². The average molecular weight is 306 g/mol. The summed E-state index contributed by atoms with van der Waals surface area (Å²) in [7, 11) is 2.09. The molecule has 2 aromatic rings. The number of rotatable bonds is 6. The van der Waals surface area contributed by atoms with Crippen molar-refractivity contribution in [1.29, 1.82) is 0 Å². The molecule has 0 bridgehead atoms. The van der Waals surface area contributed by atoms with Crippen molar-refractivity contribution in [3.8, 4) is 0 Å². The van der Waals surface area contributed by atoms with Crippen LogP contribution in [-0.2, 0) is 0 Å². The molecule has 2 heterocycles. The van der Waals surface area contributed by atoms with E-state index in [1.54, 1.807) is 6.20 Å². The Morgan fingerprint density at radius 3 is 2.95 bits per heavy atom. The molecule has 5 nitrogen and oxygen atoms in total. The molecule has 0 atom stereocenters. The zero-order chi connectivity index (χ0) is 15.4. The van der Waals surface area contributed by atoms with Gasteiger partial charge >= 0.3 is 0 Å². The number of aromatic nitrogens is 1. The fourth-order valence-electron chi connectivity index (χ4n) is 1.99. The Balaban J connectivity index is 1.92. The molecule has 0 unspecified atom stereocenters. The van der Waals surface area contributed by atoms with E-state index in [9.17, 15) is 4.79 Å². The molecule has 114 valence electrons. The summed E-state index contributed by atoms with van der Waals surface area (Å²) in [5.74, 6) is -0.109. The third kappa shape index (κ3) is 3.71. The maximum atomic E-state index is 12.2. The van der Waals surface area contributed by atoms with Gasteiger partial charge in [-0.1, -0.05) is 0 Å². The quantitative estimate of drug-likeness (QED) is 0.804. The van der Waals surface area contributed by atoms with Gasteiger partial charge < -0.3 is 16.0 Å². The molecule has 3 N–H and O–H groups in total. The van der Waals surface area contributed by atoms with E-state index < -0.39 is 0 Å². The summed E-state index contributed by atoms with van der Waals surface area (Å²) in [5, 5.41) is 3.79. The van der Waals surface area contributed by atoms with E-state index in [2.05, 4.69) is 36.1 Å². The standard InChI is InChI=1S/C15H22N4OS/c1-10(2)19(3)9-5-8-17-14(20)13-12(16)11-6-4-7-18-15(11)21-13/h4,6-7,10H,5,8-9,16H2,1-3H3,(H,17,20). The summed E-state index contributed by atoms with van der Waals surface area (Å²) < 4.78 is 0. The van der Waals surface area contributed by atoms with E-state index in [0.717, 1.165) is 23.2 Å². The second-order valence-corrected chi connectivity index (χ2v) is 6.38. The maximum Gasteiger partial charge on any atom is 0.263 e. The van der Waals surface area contributed by atoms with E-state index >= 15 is 0 Å². The number of nitrogens with zero attached hydrogens (tertiary/aromatic N) is 2. The molecular weight excluding hydrogens is 284 g/mol. The number of hydrogen-bond acceptors (Lipinski definition) is 5. The highest BCUT2D eigenvalue weighted by Gasteiger charge is 2.16. The van der Waals surface area contributed by atoms with Crippen molar-refractivity contribution in [2.75, 3.05) is 25.9 Å². The Morgan fingerprint density at radius 2 is 2.29 bits per heavy atom. The van der Waals surface area contributed by atoms with Crippen LogP contribution in [0.15, 0.2) is 18.3 Å². The van der Waals surface area contributed by atoms with Crippen LogP contribution >= 0.6 is 11.3 Å². The minimum Gasteiger partial charge on any atom is -0.397 e. The molecule has 2 rings (SSSR count). The predicted octanol–water partition coefficient (Wildman–Crippen LogP) is 2.34. The number of nitrogens with two attached hydrogens (primary N) is 1. The highest BCUT2D eigenvalue weighted by atomic mass is 32.1. The van der Waals surface area contributed by atoms with Gasteiger partial charge in [-0.3, -0.25) is 4.79 Å². The van der Waals surface area contributed by atoms with Gasteiger partial charge in [0.05, 0.1) is 5.69 Å². The summed E-state index contributed by atoms with van der Waals surface area (Å²) in [4.78, 5) is 20.0. The van der Waals surface area contributed by atoms with Crippen LogP contribution in [0.3, 0.4) is 0 Å². The first-order valence-electron chi connectivity index (χ1n) is 7.12. The first kappa shape index (κ1) is 15.7. The number of amides is 1. The van der Waals surface area contributed by atoms with Crippen LogP contribution in [0.1, 0.15) is 29.9 Å². The van der Waals surface area contributed by atoms with Gasteiger partial charge in [-0.15, -0.1) is 11.3 Å². The second-order valence-electron chi connectivity index (χ2n) is 5.38. The third-order valence-corrected chi connectivity index (χ3v) is 4.69. The molecule has 6 heteroatoms. The summed E-state index contributed by atoms with van der Waals surface area (Å²) >= 11 is 1.34. The molecule has 0 saturated heterocycles. The fourth-order valence-corrected chi connectivity index (χ4v) is 2.97. The van der Waals surface area contributed by atoms with Crippen molar-refractivity contribution >= 4 is 33.1 Å². The molecule has 0 saturated carbocycles. The number of pyridine rings is 1. The van der Waals surface area contributed by atoms with Gasteiger partial charge in [-0.2, -0.15) is 0 Å². The summed E-state index contributed by atoms with van der Waals surface area (Å²) in [5.41, 5.74) is 6.56. The molecule has 0 spiro atoms. The number of thiophene rings is 1. The van der Waals surface area contributed by atoms with Gasteiger partial charge in [0.25, 0.3) is 5.91 Å². The van der Waals surface area contributed by atoms with Gasteiger partial charge in [0, 0.05) is 24.2 Å². The molecule has 0 fully saturated rings. The lowest BCUT2D eigenvalue weighted by atomic mass is 10.2. The number of carbonyl (C=O) groups excluding carboxylic acids is 1. The van der Waals surface area contributed by atoms with Gasteiger partial charge in [0.15, 0.2) is 0 Å². The second kappa shape index (κ2) is 6.87. The van der Waals surface area contributed by atoms with E-state index in [1.165, 1.54) is 11.3 Å². The molecule has 21 heavy (non-hydrogen) atoms. The van der Waals surface area contributed by atoms with Crippen molar-refractivity contribution in [2.24, 2.45) is 0 Å². The predicted molar refractivity (Wildman–Crippen MR) is 88.7 cm³/mol. The summed E-state index contributed by atoms with van der Waals surface area (Å²) in [6, 6.07) is 4.24. The molecule has 0 aromatic carbocycles. The highest BCUT2D eigenvalue weighted by Crippen LogP contribution is 2.31. The van der Waals surface area contributed by atoms with Crippen LogP contribution < -0.4 is 11.1 Å². The topological polar surface area (TPSA) is 71.2 Å². The molecule has 0 radical (unpaired) electrons. The number of carbonyl (C=O) groups is 1. The number of anilines is 1. The largest absolute Gasteiger partial charge is 0.397 e. The van der Waals surface area contributed by atoms with Crippen LogP contribution in [-0.4, -0.2) is 42.0 Å². The number of hydrogen-bond donors (Lipinski definition) is 2. The van der Waals surface area contributed by atoms with Gasteiger partial charge in [-0.25, -0.2) is 4.98 Å². The molecular formula is C15H22N4OS. The summed E-state index contributed by atoms with van der Waals surface area (Å²) in [6.07, 6.45) is 2.63. The van der Waals surface area contributed by atoms with Crippen LogP contribution in [0.4, 0.5) is 5.69 Å². The Bertz CT molecular complexity index is 623. The van der Waals surface area contributed by atoms with E-state index in [1.807, 2.05) is 12.1 Å². The molecule has 0 aliphatic rings. The minimum atomic E-state index is -0.109. The Kier molecular flexibility index (Phi) is 5.14. The fraction of sp³-hybridized carbons (Fsp3) is 0.467. The Morgan fingerprint density at radius 1 is 1.52 bits per heavy atom. The van der Waals surface area contributed by atoms with Gasteiger partial charge in [0.2, 0.25) is 0 Å². The van der Waals surface area contributed by atoms with Crippen molar-refractivity contribution in [3.63, 3.8) is 0 Å². The van der Waals surface area contributed by atoms with Crippen molar-refractivity contribution in [3.05, 3.63) is 23.2 Å². The lowest BCUT2D eigenvalue weighted by Gasteiger charge is -2.20. The number of fused-ring (bicyclic) bond motifs is 1. The zero-order valence-electron chi connectivity index (χ0n) is 12.7. The molecule has 2 aromatic heterocycles. The number of nitrogen functional groups attached to an aromatic ring is 1. The lowest BCUT2D eigenvalue weighted by Crippen LogP contribution is -2.31. The third-order valence-electron chi connectivity index (χ3n) is 3.57. The normalized spacial score (nSPS) is 11.5. The van der Waals surface area contributed by atoms with Crippen LogP contribution in [0, 0.1) is 0 Å². The van der Waals surface area contributed by atoms with Crippen LogP contribution in [0.2, 0.25) is 0 Å². The Labute approximate surface area is 129 Å². The number of nitrogens with one attached hydrogen (secondary N) is 1. The van der Waals surface area contributed by atoms with E-state index in [0.29, 0.717) is 23.2 Å². The van der Waals surface area contributed by atoms with E-state index in [4.69, 9.17) is 5.73 Å². The van der Waals surface area contributed by atoms with Gasteiger partial charge in [0.1, 0.15) is 9.71 Å². The Hall–Kier alpha value is -1.66. The van der Waals surface area contributed by atoms with E-state index in [-0.39, 0.29) is 5.91 Å². The smallest absolute Gasteiger partial charge is 0.263 e. The lowest BCUT2D eigenvalue weighted by molar-refractivity contribution is 0.0956. The van der Waals surface area contributed by atoms with Crippen molar-refractivity contribution in [1.82, 2.24) is 15.2 Å². The van der Waals surface area contributed by atoms with Crippen LogP contribution in [0.5, 0.6) is 0 Å². The van der Waals surface area contributed by atoms with Gasteiger partial charge in [-0.05, 0) is 46.0 Å². The molecule has 0 aliphatic heterocycles.